The second-order valence-electron chi connectivity index (χ2n) is 15.9. The van der Waals surface area contributed by atoms with E-state index in [1.165, 1.54) is 33.4 Å². The predicted molar refractivity (Wildman–Crippen MR) is 253 cm³/mol. The molecule has 3 heteroatoms. The van der Waals surface area contributed by atoms with Gasteiger partial charge in [-0.15, -0.1) is 0 Å². The van der Waals surface area contributed by atoms with Crippen LogP contribution in [-0.2, 0) is 5.41 Å². The Morgan fingerprint density at radius 1 is 0.250 bits per heavy atom. The molecule has 9 aromatic rings. The van der Waals surface area contributed by atoms with Crippen molar-refractivity contribution in [3.63, 3.8) is 0 Å². The molecule has 0 saturated carbocycles. The van der Waals surface area contributed by atoms with Crippen LogP contribution in [-0.4, -0.2) is 0 Å². The van der Waals surface area contributed by atoms with Gasteiger partial charge in [0.2, 0.25) is 0 Å². The number of hydrogen-bond acceptors (Lipinski definition) is 3. The Hall–Kier alpha value is -7.62. The van der Waals surface area contributed by atoms with Crippen molar-refractivity contribution in [3.05, 3.63) is 248 Å². The lowest BCUT2D eigenvalue weighted by Gasteiger charge is -2.33. The third kappa shape index (κ3) is 6.80. The van der Waals surface area contributed by atoms with E-state index >= 15 is 0 Å². The standard InChI is InChI=1S/C57H45N3/c1-57(2)55-37-43(42-21-9-3-10-22-42)33-35-53(55)54-36-34-49(41-56(54)57)60(48-31-19-8-20-32-48)52-39-50(58(44-23-11-4-12-24-44)45-25-13-5-14-26-45)38-51(40-52)59(46-27-15-6-16-28-46)47-29-17-7-18-30-47/h3-41H,1-2H3. The van der Waals surface area contributed by atoms with Gasteiger partial charge in [0.05, 0.1) is 17.1 Å². The van der Waals surface area contributed by atoms with Crippen molar-refractivity contribution < 1.29 is 0 Å². The van der Waals surface area contributed by atoms with Gasteiger partial charge in [-0.05, 0) is 130 Å². The summed E-state index contributed by atoms with van der Waals surface area (Å²) < 4.78 is 0. The molecule has 10 rings (SSSR count). The van der Waals surface area contributed by atoms with Crippen molar-refractivity contribution in [1.82, 2.24) is 0 Å². The minimum atomic E-state index is -0.213. The summed E-state index contributed by atoms with van der Waals surface area (Å²) in [5.41, 5.74) is 17.2. The van der Waals surface area contributed by atoms with Gasteiger partial charge in [-0.25, -0.2) is 0 Å². The van der Waals surface area contributed by atoms with E-state index in [1.807, 2.05) is 0 Å². The van der Waals surface area contributed by atoms with E-state index in [0.717, 1.165) is 51.2 Å². The van der Waals surface area contributed by atoms with Crippen molar-refractivity contribution in [1.29, 1.82) is 0 Å². The van der Waals surface area contributed by atoms with Crippen LogP contribution >= 0.6 is 0 Å². The number of benzene rings is 9. The van der Waals surface area contributed by atoms with Crippen LogP contribution in [0.5, 0.6) is 0 Å². The van der Waals surface area contributed by atoms with Crippen molar-refractivity contribution in [3.8, 4) is 22.3 Å². The third-order valence-electron chi connectivity index (χ3n) is 11.8. The van der Waals surface area contributed by atoms with Gasteiger partial charge >= 0.3 is 0 Å². The number of fused-ring (bicyclic) bond motifs is 3. The second-order valence-corrected chi connectivity index (χ2v) is 15.9. The molecule has 3 nitrogen and oxygen atoms in total. The average Bonchev–Trinajstić information content (AvgIpc) is 3.53. The van der Waals surface area contributed by atoms with E-state index in [4.69, 9.17) is 0 Å². The number of para-hydroxylation sites is 5. The van der Waals surface area contributed by atoms with Gasteiger partial charge in [-0.3, -0.25) is 0 Å². The van der Waals surface area contributed by atoms with Crippen molar-refractivity contribution in [2.45, 2.75) is 19.3 Å². The van der Waals surface area contributed by atoms with Crippen LogP contribution in [0.2, 0.25) is 0 Å². The van der Waals surface area contributed by atoms with Crippen molar-refractivity contribution in [2.75, 3.05) is 14.7 Å². The van der Waals surface area contributed by atoms with E-state index in [0.29, 0.717) is 0 Å². The molecular weight excluding hydrogens is 727 g/mol. The topological polar surface area (TPSA) is 9.72 Å². The Kier molecular flexibility index (Phi) is 9.55. The maximum atomic E-state index is 2.43. The highest BCUT2D eigenvalue weighted by Gasteiger charge is 2.36. The zero-order valence-electron chi connectivity index (χ0n) is 33.9. The summed E-state index contributed by atoms with van der Waals surface area (Å²) >= 11 is 0. The molecule has 1 aliphatic rings. The van der Waals surface area contributed by atoms with Crippen LogP contribution < -0.4 is 14.7 Å². The first-order chi connectivity index (χ1) is 29.5. The average molecular weight is 772 g/mol. The largest absolute Gasteiger partial charge is 0.310 e. The molecule has 0 unspecified atom stereocenters. The minimum absolute atomic E-state index is 0.213. The predicted octanol–water partition coefficient (Wildman–Crippen LogP) is 16.1. The monoisotopic (exact) mass is 771 g/mol. The molecule has 0 fully saturated rings. The highest BCUT2D eigenvalue weighted by molar-refractivity contribution is 5.91. The van der Waals surface area contributed by atoms with Crippen LogP contribution in [0.1, 0.15) is 25.0 Å². The molecule has 0 N–H and O–H groups in total. The summed E-state index contributed by atoms with van der Waals surface area (Å²) in [6.45, 7) is 4.74. The van der Waals surface area contributed by atoms with Gasteiger partial charge in [0, 0.05) is 39.5 Å². The number of nitrogens with zero attached hydrogens (tertiary/aromatic N) is 3. The van der Waals surface area contributed by atoms with Crippen molar-refractivity contribution in [2.24, 2.45) is 0 Å². The van der Waals surface area contributed by atoms with E-state index in [2.05, 4.69) is 265 Å². The molecule has 0 saturated heterocycles. The summed E-state index contributed by atoms with van der Waals surface area (Å²) in [4.78, 5) is 7.14. The molecule has 0 bridgehead atoms. The summed E-state index contributed by atoms with van der Waals surface area (Å²) in [5.74, 6) is 0. The van der Waals surface area contributed by atoms with Crippen LogP contribution in [0.15, 0.2) is 237 Å². The fourth-order valence-corrected chi connectivity index (χ4v) is 8.87. The molecule has 0 radical (unpaired) electrons. The minimum Gasteiger partial charge on any atom is -0.310 e. The summed E-state index contributed by atoms with van der Waals surface area (Å²) in [6.07, 6.45) is 0. The fraction of sp³-hybridized carbons (Fsp3) is 0.0526. The molecular formula is C57H45N3. The molecule has 60 heavy (non-hydrogen) atoms. The van der Waals surface area contributed by atoms with E-state index < -0.39 is 0 Å². The fourth-order valence-electron chi connectivity index (χ4n) is 8.87. The molecule has 1 aliphatic carbocycles. The zero-order chi connectivity index (χ0) is 40.5. The lowest BCUT2D eigenvalue weighted by Crippen LogP contribution is -2.18. The van der Waals surface area contributed by atoms with Gasteiger partial charge in [0.15, 0.2) is 0 Å². The summed E-state index contributed by atoms with van der Waals surface area (Å²) in [6, 6.07) is 85.2. The molecule has 288 valence electrons. The highest BCUT2D eigenvalue weighted by atomic mass is 15.2. The lowest BCUT2D eigenvalue weighted by atomic mass is 9.81. The molecule has 9 aromatic carbocycles. The SMILES string of the molecule is CC1(C)c2cc(-c3ccccc3)ccc2-c2ccc(N(c3ccccc3)c3cc(N(c4ccccc4)c4ccccc4)cc(N(c4ccccc4)c4ccccc4)c3)cc21. The van der Waals surface area contributed by atoms with Crippen molar-refractivity contribution >= 4 is 51.2 Å². The van der Waals surface area contributed by atoms with E-state index in [9.17, 15) is 0 Å². The smallest absolute Gasteiger partial charge is 0.0503 e. The highest BCUT2D eigenvalue weighted by Crippen LogP contribution is 2.52. The first-order valence-corrected chi connectivity index (χ1v) is 20.7. The summed E-state index contributed by atoms with van der Waals surface area (Å²) in [7, 11) is 0. The Bertz CT molecular complexity index is 2700. The third-order valence-corrected chi connectivity index (χ3v) is 11.8. The Morgan fingerprint density at radius 2 is 0.567 bits per heavy atom. The number of hydrogen-bond donors (Lipinski definition) is 0. The maximum absolute atomic E-state index is 2.43. The van der Waals surface area contributed by atoms with Crippen LogP contribution in [0.3, 0.4) is 0 Å². The number of rotatable bonds is 10. The van der Waals surface area contributed by atoms with E-state index in [1.54, 1.807) is 0 Å². The second kappa shape index (κ2) is 15.6. The first-order valence-electron chi connectivity index (χ1n) is 20.7. The Morgan fingerprint density at radius 3 is 0.950 bits per heavy atom. The van der Waals surface area contributed by atoms with Crippen LogP contribution in [0, 0.1) is 0 Å². The Labute approximate surface area is 353 Å². The summed E-state index contributed by atoms with van der Waals surface area (Å²) in [5, 5.41) is 0. The quantitative estimate of drug-likeness (QED) is 0.137. The maximum Gasteiger partial charge on any atom is 0.0503 e. The molecule has 0 aromatic heterocycles. The van der Waals surface area contributed by atoms with Gasteiger partial charge in [0.1, 0.15) is 0 Å². The zero-order valence-corrected chi connectivity index (χ0v) is 33.9. The van der Waals surface area contributed by atoms with Crippen LogP contribution in [0.25, 0.3) is 22.3 Å². The first kappa shape index (κ1) is 36.7. The molecule has 0 amide bonds. The van der Waals surface area contributed by atoms with E-state index in [-0.39, 0.29) is 5.41 Å². The number of anilines is 9. The van der Waals surface area contributed by atoms with Gasteiger partial charge in [-0.2, -0.15) is 0 Å². The molecule has 0 aliphatic heterocycles. The van der Waals surface area contributed by atoms with Crippen LogP contribution in [0.4, 0.5) is 51.2 Å². The molecule has 0 spiro atoms. The molecule has 0 heterocycles. The Balaban J connectivity index is 1.20. The van der Waals surface area contributed by atoms with Gasteiger partial charge in [-0.1, -0.05) is 153 Å². The van der Waals surface area contributed by atoms with Gasteiger partial charge in [0.25, 0.3) is 0 Å². The lowest BCUT2D eigenvalue weighted by molar-refractivity contribution is 0.660. The van der Waals surface area contributed by atoms with Gasteiger partial charge < -0.3 is 14.7 Å². The normalized spacial score (nSPS) is 12.3. The molecule has 0 atom stereocenters.